The van der Waals surface area contributed by atoms with Gasteiger partial charge < -0.3 is 4.74 Å². The van der Waals surface area contributed by atoms with Gasteiger partial charge in [0.1, 0.15) is 0 Å². The van der Waals surface area contributed by atoms with E-state index in [0.717, 1.165) is 25.1 Å². The molecule has 0 aromatic heterocycles. The second-order valence-electron chi connectivity index (χ2n) is 6.53. The summed E-state index contributed by atoms with van der Waals surface area (Å²) < 4.78 is 5.98. The third kappa shape index (κ3) is 3.53. The highest BCUT2D eigenvalue weighted by Crippen LogP contribution is 2.32. The second kappa shape index (κ2) is 7.54. The van der Waals surface area contributed by atoms with E-state index in [1.165, 1.54) is 11.1 Å². The van der Waals surface area contributed by atoms with Crippen LogP contribution in [-0.4, -0.2) is 17.4 Å². The van der Waals surface area contributed by atoms with E-state index in [1.807, 2.05) is 48.5 Å². The van der Waals surface area contributed by atoms with Crippen LogP contribution in [0.5, 0.6) is 0 Å². The van der Waals surface area contributed by atoms with Crippen molar-refractivity contribution < 1.29 is 9.53 Å². The zero-order chi connectivity index (χ0) is 17.8. The average Bonchev–Trinajstić information content (AvgIpc) is 2.71. The first-order chi connectivity index (χ1) is 12.8. The molecular formula is C23H21NO2. The van der Waals surface area contributed by atoms with Crippen LogP contribution in [0.2, 0.25) is 0 Å². The number of rotatable bonds is 4. The van der Waals surface area contributed by atoms with E-state index < -0.39 is 0 Å². The van der Waals surface area contributed by atoms with E-state index in [-0.39, 0.29) is 12.2 Å². The minimum absolute atomic E-state index is 0.287. The maximum atomic E-state index is 12.7. The Hall–Kier alpha value is -2.91. The van der Waals surface area contributed by atoms with Crippen LogP contribution in [0.1, 0.15) is 33.3 Å². The SMILES string of the molecule is O=C(OC1c2ccccc2CCN1Cc1ccccc1)c1ccccc1. The van der Waals surface area contributed by atoms with Crippen molar-refractivity contribution in [3.63, 3.8) is 0 Å². The van der Waals surface area contributed by atoms with Gasteiger partial charge in [-0.05, 0) is 29.7 Å². The smallest absolute Gasteiger partial charge is 0.339 e. The molecule has 4 rings (SSSR count). The zero-order valence-electron chi connectivity index (χ0n) is 14.5. The van der Waals surface area contributed by atoms with E-state index in [2.05, 4.69) is 29.2 Å². The summed E-state index contributed by atoms with van der Waals surface area (Å²) in [6.07, 6.45) is 0.593. The van der Waals surface area contributed by atoms with Gasteiger partial charge in [0.2, 0.25) is 0 Å². The van der Waals surface area contributed by atoms with Crippen molar-refractivity contribution in [1.82, 2.24) is 4.90 Å². The van der Waals surface area contributed by atoms with Gasteiger partial charge in [-0.25, -0.2) is 4.79 Å². The molecule has 3 heteroatoms. The zero-order valence-corrected chi connectivity index (χ0v) is 14.5. The van der Waals surface area contributed by atoms with Gasteiger partial charge in [-0.3, -0.25) is 4.90 Å². The van der Waals surface area contributed by atoms with Crippen molar-refractivity contribution in [1.29, 1.82) is 0 Å². The summed E-state index contributed by atoms with van der Waals surface area (Å²) in [6, 6.07) is 27.7. The molecule has 1 aliphatic rings. The molecule has 26 heavy (non-hydrogen) atoms. The van der Waals surface area contributed by atoms with Crippen LogP contribution in [0, 0.1) is 0 Å². The van der Waals surface area contributed by atoms with Gasteiger partial charge in [0.15, 0.2) is 6.23 Å². The van der Waals surface area contributed by atoms with Crippen molar-refractivity contribution in [3.8, 4) is 0 Å². The van der Waals surface area contributed by atoms with E-state index in [9.17, 15) is 4.79 Å². The van der Waals surface area contributed by atoms with Crippen LogP contribution in [0.3, 0.4) is 0 Å². The maximum absolute atomic E-state index is 12.7. The fraction of sp³-hybridized carbons (Fsp3) is 0.174. The number of hydrogen-bond acceptors (Lipinski definition) is 3. The average molecular weight is 343 g/mol. The molecule has 0 N–H and O–H groups in total. The lowest BCUT2D eigenvalue weighted by atomic mass is 9.97. The van der Waals surface area contributed by atoms with E-state index in [0.29, 0.717) is 5.56 Å². The molecule has 1 aliphatic heterocycles. The van der Waals surface area contributed by atoms with Crippen molar-refractivity contribution in [2.45, 2.75) is 19.2 Å². The first kappa shape index (κ1) is 16.6. The van der Waals surface area contributed by atoms with Gasteiger partial charge in [0.05, 0.1) is 5.56 Å². The molecule has 1 unspecified atom stereocenters. The molecule has 1 atom stereocenters. The van der Waals surface area contributed by atoms with Gasteiger partial charge in [-0.2, -0.15) is 0 Å². The number of nitrogens with zero attached hydrogens (tertiary/aromatic N) is 1. The van der Waals surface area contributed by atoms with E-state index in [1.54, 1.807) is 12.1 Å². The molecule has 0 radical (unpaired) electrons. The van der Waals surface area contributed by atoms with Gasteiger partial charge in [0.25, 0.3) is 0 Å². The Morgan fingerprint density at radius 1 is 0.885 bits per heavy atom. The van der Waals surface area contributed by atoms with Gasteiger partial charge >= 0.3 is 5.97 Å². The number of ether oxygens (including phenoxy) is 1. The number of benzene rings is 3. The lowest BCUT2D eigenvalue weighted by Crippen LogP contribution is -2.37. The Kier molecular flexibility index (Phi) is 4.80. The predicted molar refractivity (Wildman–Crippen MR) is 102 cm³/mol. The lowest BCUT2D eigenvalue weighted by Gasteiger charge is -2.36. The Balaban J connectivity index is 1.62. The minimum atomic E-state index is -0.368. The molecule has 130 valence electrons. The van der Waals surface area contributed by atoms with Gasteiger partial charge in [-0.1, -0.05) is 72.8 Å². The van der Waals surface area contributed by atoms with Crippen LogP contribution >= 0.6 is 0 Å². The van der Waals surface area contributed by atoms with Crippen molar-refractivity contribution in [3.05, 3.63) is 107 Å². The minimum Gasteiger partial charge on any atom is -0.438 e. The number of fused-ring (bicyclic) bond motifs is 1. The van der Waals surface area contributed by atoms with Gasteiger partial charge in [-0.15, -0.1) is 0 Å². The Labute approximate surface area is 153 Å². The van der Waals surface area contributed by atoms with Crippen molar-refractivity contribution in [2.24, 2.45) is 0 Å². The molecule has 3 nitrogen and oxygen atoms in total. The summed E-state index contributed by atoms with van der Waals surface area (Å²) in [5, 5.41) is 0. The molecule has 0 bridgehead atoms. The van der Waals surface area contributed by atoms with Crippen LogP contribution < -0.4 is 0 Å². The predicted octanol–water partition coefficient (Wildman–Crippen LogP) is 4.60. The molecule has 0 saturated heterocycles. The summed E-state index contributed by atoms with van der Waals surface area (Å²) >= 11 is 0. The maximum Gasteiger partial charge on any atom is 0.339 e. The molecule has 3 aromatic carbocycles. The van der Waals surface area contributed by atoms with Crippen molar-refractivity contribution >= 4 is 5.97 Å². The first-order valence-corrected chi connectivity index (χ1v) is 8.93. The first-order valence-electron chi connectivity index (χ1n) is 8.93. The van der Waals surface area contributed by atoms with E-state index >= 15 is 0 Å². The third-order valence-corrected chi connectivity index (χ3v) is 4.78. The highest BCUT2D eigenvalue weighted by atomic mass is 16.6. The normalized spacial score (nSPS) is 16.7. The molecule has 0 fully saturated rings. The van der Waals surface area contributed by atoms with Crippen molar-refractivity contribution in [2.75, 3.05) is 6.54 Å². The quantitative estimate of drug-likeness (QED) is 0.648. The molecular weight excluding hydrogens is 322 g/mol. The molecule has 0 spiro atoms. The summed E-state index contributed by atoms with van der Waals surface area (Å²) in [5.74, 6) is -0.287. The molecule has 0 aliphatic carbocycles. The fourth-order valence-electron chi connectivity index (χ4n) is 3.44. The summed E-state index contributed by atoms with van der Waals surface area (Å²) in [6.45, 7) is 1.61. The fourth-order valence-corrected chi connectivity index (χ4v) is 3.44. The van der Waals surface area contributed by atoms with E-state index in [4.69, 9.17) is 4.74 Å². The highest BCUT2D eigenvalue weighted by molar-refractivity contribution is 5.89. The Bertz CT molecular complexity index is 877. The Morgan fingerprint density at radius 2 is 1.54 bits per heavy atom. The summed E-state index contributed by atoms with van der Waals surface area (Å²) in [4.78, 5) is 14.9. The van der Waals surface area contributed by atoms with Crippen LogP contribution in [0.15, 0.2) is 84.9 Å². The lowest BCUT2D eigenvalue weighted by molar-refractivity contribution is -0.0439. The molecule has 3 aromatic rings. The number of carbonyl (C=O) groups excluding carboxylic acids is 1. The second-order valence-corrected chi connectivity index (χ2v) is 6.53. The largest absolute Gasteiger partial charge is 0.438 e. The highest BCUT2D eigenvalue weighted by Gasteiger charge is 2.30. The van der Waals surface area contributed by atoms with Crippen LogP contribution in [0.25, 0.3) is 0 Å². The van der Waals surface area contributed by atoms with Crippen LogP contribution in [-0.2, 0) is 17.7 Å². The molecule has 0 amide bonds. The standard InChI is InChI=1S/C23H21NO2/c25-23(20-12-5-2-6-13-20)26-22-21-14-8-7-11-19(21)15-16-24(22)17-18-9-3-1-4-10-18/h1-14,22H,15-17H2. The summed E-state index contributed by atoms with van der Waals surface area (Å²) in [7, 11) is 0. The van der Waals surface area contributed by atoms with Crippen LogP contribution in [0.4, 0.5) is 0 Å². The van der Waals surface area contributed by atoms with Gasteiger partial charge in [0, 0.05) is 18.7 Å². The molecule has 1 heterocycles. The number of carbonyl (C=O) groups is 1. The molecule has 0 saturated carbocycles. The number of esters is 1. The topological polar surface area (TPSA) is 29.5 Å². The third-order valence-electron chi connectivity index (χ3n) is 4.78. The monoisotopic (exact) mass is 343 g/mol. The Morgan fingerprint density at radius 3 is 2.31 bits per heavy atom. The number of hydrogen-bond donors (Lipinski definition) is 0. The summed E-state index contributed by atoms with van der Waals surface area (Å²) in [5.41, 5.74) is 4.13.